The number of ether oxygens (including phenoxy) is 1. The molecular weight excluding hydrogens is 281 g/mol. The quantitative estimate of drug-likeness (QED) is 0.778. The Morgan fingerprint density at radius 1 is 1.00 bits per heavy atom. The Labute approximate surface area is 120 Å². The molecule has 0 spiro atoms. The molecule has 0 amide bonds. The summed E-state index contributed by atoms with van der Waals surface area (Å²) in [5.74, 6) is 0.544. The number of benzene rings is 2. The fourth-order valence-electron chi connectivity index (χ4n) is 1.82. The summed E-state index contributed by atoms with van der Waals surface area (Å²) < 4.78 is 43.2. The number of carbonyl (C=O) groups excluding carboxylic acids is 1. The van der Waals surface area contributed by atoms with Gasteiger partial charge in [-0.15, -0.1) is 0 Å². The van der Waals surface area contributed by atoms with Gasteiger partial charge in [-0.1, -0.05) is 24.3 Å². The van der Waals surface area contributed by atoms with Gasteiger partial charge >= 0.3 is 6.18 Å². The van der Waals surface area contributed by atoms with E-state index in [2.05, 4.69) is 0 Å². The third-order valence-corrected chi connectivity index (χ3v) is 2.90. The van der Waals surface area contributed by atoms with Crippen LogP contribution >= 0.6 is 0 Å². The highest BCUT2D eigenvalue weighted by Crippen LogP contribution is 2.29. The van der Waals surface area contributed by atoms with Crippen LogP contribution in [0.5, 0.6) is 5.75 Å². The van der Waals surface area contributed by atoms with Crippen molar-refractivity contribution in [2.75, 3.05) is 0 Å². The maximum Gasteiger partial charge on any atom is 0.416 e. The van der Waals surface area contributed by atoms with Gasteiger partial charge in [0.15, 0.2) is 0 Å². The second kappa shape index (κ2) is 6.43. The standard InChI is InChI=1S/C16H13F3O2/c17-16(18,19)14-3-1-2-13(10-14)11-21-15-6-4-12(5-7-15)8-9-20/h1-7,9-10H,8,11H2. The largest absolute Gasteiger partial charge is 0.489 e. The molecule has 0 saturated carbocycles. The van der Waals surface area contributed by atoms with Crippen molar-refractivity contribution in [1.82, 2.24) is 0 Å². The van der Waals surface area contributed by atoms with Crippen LogP contribution in [-0.4, -0.2) is 6.29 Å². The molecular formula is C16H13F3O2. The van der Waals surface area contributed by atoms with Gasteiger partial charge < -0.3 is 9.53 Å². The molecule has 0 saturated heterocycles. The molecule has 110 valence electrons. The molecule has 5 heteroatoms. The second-order valence-corrected chi connectivity index (χ2v) is 4.50. The molecule has 0 aliphatic carbocycles. The highest BCUT2D eigenvalue weighted by atomic mass is 19.4. The summed E-state index contributed by atoms with van der Waals surface area (Å²) in [6, 6.07) is 11.9. The number of rotatable bonds is 5. The van der Waals surface area contributed by atoms with Crippen molar-refractivity contribution in [2.45, 2.75) is 19.2 Å². The smallest absolute Gasteiger partial charge is 0.416 e. The van der Waals surface area contributed by atoms with E-state index in [-0.39, 0.29) is 6.61 Å². The monoisotopic (exact) mass is 294 g/mol. The highest BCUT2D eigenvalue weighted by molar-refractivity contribution is 5.55. The van der Waals surface area contributed by atoms with E-state index in [0.717, 1.165) is 24.0 Å². The Morgan fingerprint density at radius 3 is 2.33 bits per heavy atom. The lowest BCUT2D eigenvalue weighted by Gasteiger charge is -2.10. The van der Waals surface area contributed by atoms with Crippen LogP contribution in [0.1, 0.15) is 16.7 Å². The summed E-state index contributed by atoms with van der Waals surface area (Å²) in [7, 11) is 0. The van der Waals surface area contributed by atoms with Crippen LogP contribution in [0.2, 0.25) is 0 Å². The van der Waals surface area contributed by atoms with Crippen molar-refractivity contribution in [2.24, 2.45) is 0 Å². The third-order valence-electron chi connectivity index (χ3n) is 2.90. The normalized spacial score (nSPS) is 11.2. The van der Waals surface area contributed by atoms with E-state index in [1.54, 1.807) is 30.3 Å². The highest BCUT2D eigenvalue weighted by Gasteiger charge is 2.30. The average Bonchev–Trinajstić information content (AvgIpc) is 2.46. The van der Waals surface area contributed by atoms with E-state index < -0.39 is 11.7 Å². The van der Waals surface area contributed by atoms with Crippen molar-refractivity contribution < 1.29 is 22.7 Å². The van der Waals surface area contributed by atoms with Crippen LogP contribution in [0.4, 0.5) is 13.2 Å². The summed E-state index contributed by atoms with van der Waals surface area (Å²) in [6.45, 7) is 0.0525. The van der Waals surface area contributed by atoms with Crippen LogP contribution in [0, 0.1) is 0 Å². The Hall–Kier alpha value is -2.30. The number of carbonyl (C=O) groups is 1. The molecule has 0 heterocycles. The van der Waals surface area contributed by atoms with Crippen molar-refractivity contribution in [1.29, 1.82) is 0 Å². The van der Waals surface area contributed by atoms with Crippen LogP contribution < -0.4 is 4.74 Å². The molecule has 0 bridgehead atoms. The third kappa shape index (κ3) is 4.34. The Kier molecular flexibility index (Phi) is 4.62. The molecule has 2 rings (SSSR count). The molecule has 0 aromatic heterocycles. The SMILES string of the molecule is O=CCc1ccc(OCc2cccc(C(F)(F)F)c2)cc1. The first kappa shape index (κ1) is 15.1. The number of aldehydes is 1. The lowest BCUT2D eigenvalue weighted by atomic mass is 10.1. The lowest BCUT2D eigenvalue weighted by Crippen LogP contribution is -2.06. The van der Waals surface area contributed by atoms with E-state index in [9.17, 15) is 18.0 Å². The van der Waals surface area contributed by atoms with Crippen molar-refractivity contribution >= 4 is 6.29 Å². The minimum absolute atomic E-state index is 0.0525. The van der Waals surface area contributed by atoms with Gasteiger partial charge in [-0.05, 0) is 35.4 Å². The fourth-order valence-corrected chi connectivity index (χ4v) is 1.82. The van der Waals surface area contributed by atoms with E-state index in [4.69, 9.17) is 4.74 Å². The number of hydrogen-bond donors (Lipinski definition) is 0. The van der Waals surface area contributed by atoms with Crippen molar-refractivity contribution in [3.63, 3.8) is 0 Å². The van der Waals surface area contributed by atoms with Crippen molar-refractivity contribution in [3.05, 3.63) is 65.2 Å². The van der Waals surface area contributed by atoms with Gasteiger partial charge in [0.1, 0.15) is 18.6 Å². The Bertz CT molecular complexity index is 604. The van der Waals surface area contributed by atoms with Gasteiger partial charge in [0.2, 0.25) is 0 Å². The molecule has 0 fully saturated rings. The first-order chi connectivity index (χ1) is 9.99. The molecule has 0 N–H and O–H groups in total. The van der Waals surface area contributed by atoms with Crippen LogP contribution in [0.25, 0.3) is 0 Å². The van der Waals surface area contributed by atoms with Crippen LogP contribution in [0.15, 0.2) is 48.5 Å². The molecule has 2 aromatic rings. The summed E-state index contributed by atoms with van der Waals surface area (Å²) in [6.07, 6.45) is -3.22. The van der Waals surface area contributed by atoms with E-state index in [0.29, 0.717) is 17.7 Å². The molecule has 0 aliphatic heterocycles. The van der Waals surface area contributed by atoms with E-state index >= 15 is 0 Å². The van der Waals surface area contributed by atoms with Crippen LogP contribution in [0.3, 0.4) is 0 Å². The molecule has 0 radical (unpaired) electrons. The van der Waals surface area contributed by atoms with Gasteiger partial charge in [-0.25, -0.2) is 0 Å². The Balaban J connectivity index is 2.01. The summed E-state index contributed by atoms with van der Waals surface area (Å²) >= 11 is 0. The predicted molar refractivity (Wildman–Crippen MR) is 72.0 cm³/mol. The molecule has 21 heavy (non-hydrogen) atoms. The zero-order chi connectivity index (χ0) is 15.3. The average molecular weight is 294 g/mol. The maximum atomic E-state index is 12.6. The maximum absolute atomic E-state index is 12.6. The topological polar surface area (TPSA) is 26.3 Å². The lowest BCUT2D eigenvalue weighted by molar-refractivity contribution is -0.137. The van der Waals surface area contributed by atoms with Gasteiger partial charge in [-0.2, -0.15) is 13.2 Å². The Morgan fingerprint density at radius 2 is 1.71 bits per heavy atom. The van der Waals surface area contributed by atoms with E-state index in [1.165, 1.54) is 6.07 Å². The number of alkyl halides is 3. The van der Waals surface area contributed by atoms with E-state index in [1.807, 2.05) is 0 Å². The van der Waals surface area contributed by atoms with Gasteiger partial charge in [0.05, 0.1) is 5.56 Å². The zero-order valence-corrected chi connectivity index (χ0v) is 11.1. The first-order valence-electron chi connectivity index (χ1n) is 6.30. The minimum Gasteiger partial charge on any atom is -0.489 e. The first-order valence-corrected chi connectivity index (χ1v) is 6.30. The minimum atomic E-state index is -4.35. The molecule has 0 atom stereocenters. The number of hydrogen-bond acceptors (Lipinski definition) is 2. The number of halogens is 3. The summed E-state index contributed by atoms with van der Waals surface area (Å²) in [5.41, 5.74) is 0.614. The predicted octanol–water partition coefficient (Wildman–Crippen LogP) is 4.03. The molecule has 0 unspecified atom stereocenters. The fraction of sp³-hybridized carbons (Fsp3) is 0.188. The molecule has 2 nitrogen and oxygen atoms in total. The van der Waals surface area contributed by atoms with Gasteiger partial charge in [-0.3, -0.25) is 0 Å². The van der Waals surface area contributed by atoms with Gasteiger partial charge in [0.25, 0.3) is 0 Å². The van der Waals surface area contributed by atoms with Crippen molar-refractivity contribution in [3.8, 4) is 5.75 Å². The second-order valence-electron chi connectivity index (χ2n) is 4.50. The molecule has 2 aromatic carbocycles. The summed E-state index contributed by atoms with van der Waals surface area (Å²) in [4.78, 5) is 10.4. The van der Waals surface area contributed by atoms with Crippen LogP contribution in [-0.2, 0) is 24.0 Å². The van der Waals surface area contributed by atoms with Gasteiger partial charge in [0, 0.05) is 6.42 Å². The zero-order valence-electron chi connectivity index (χ0n) is 11.1. The molecule has 0 aliphatic rings. The summed E-state index contributed by atoms with van der Waals surface area (Å²) in [5, 5.41) is 0.